The number of methoxy groups -OCH3 is 2. The second-order valence-corrected chi connectivity index (χ2v) is 10.6. The van der Waals surface area contributed by atoms with E-state index < -0.39 is 0 Å². The van der Waals surface area contributed by atoms with Gasteiger partial charge in [0.05, 0.1) is 44.7 Å². The zero-order valence-corrected chi connectivity index (χ0v) is 25.5. The van der Waals surface area contributed by atoms with Crippen LogP contribution in [0.1, 0.15) is 34.5 Å². The van der Waals surface area contributed by atoms with Crippen LogP contribution in [0, 0.1) is 6.92 Å². The second kappa shape index (κ2) is 14.8. The van der Waals surface area contributed by atoms with E-state index in [2.05, 4.69) is 38.6 Å². The molecule has 0 aliphatic carbocycles. The molecule has 2 heterocycles. The third-order valence-electron chi connectivity index (χ3n) is 7.05. The molecule has 1 atom stereocenters. The van der Waals surface area contributed by atoms with Crippen molar-refractivity contribution in [1.29, 1.82) is 0 Å². The van der Waals surface area contributed by atoms with Crippen molar-refractivity contribution < 1.29 is 19.0 Å². The molecule has 0 saturated carbocycles. The number of amides is 1. The molecular weight excluding hydrogens is 532 g/mol. The minimum atomic E-state index is -0.263. The summed E-state index contributed by atoms with van der Waals surface area (Å²) < 4.78 is 20.0. The highest BCUT2D eigenvalue weighted by Gasteiger charge is 2.17. The number of ether oxygens (including phenoxy) is 3. The third-order valence-corrected chi connectivity index (χ3v) is 7.05. The van der Waals surface area contributed by atoms with Crippen LogP contribution in [0.4, 0.5) is 0 Å². The van der Waals surface area contributed by atoms with Crippen molar-refractivity contribution in [2.45, 2.75) is 33.0 Å². The van der Waals surface area contributed by atoms with Gasteiger partial charge in [-0.1, -0.05) is 6.07 Å². The standard InChI is InChI=1S/C32H42N6O4/c1-23-7-8-30(42-14-9-36(3)4)18-31(23)32(39)35-24(2)25-15-26(28-19-33-37(21-28)10-12-40-5)17-27(16-25)29-20-34-38(22-29)11-13-41-6/h7-8,15-22,24H,9-14H2,1-6H3,(H,35,39)/t24-/m1/s1. The zero-order valence-electron chi connectivity index (χ0n) is 25.5. The quantitative estimate of drug-likeness (QED) is 0.224. The lowest BCUT2D eigenvalue weighted by Gasteiger charge is -2.18. The van der Waals surface area contributed by atoms with E-state index in [-0.39, 0.29) is 11.9 Å². The van der Waals surface area contributed by atoms with Gasteiger partial charge in [0.15, 0.2) is 0 Å². The average molecular weight is 575 g/mol. The molecule has 4 rings (SSSR count). The van der Waals surface area contributed by atoms with Crippen LogP contribution in [0.2, 0.25) is 0 Å². The van der Waals surface area contributed by atoms with Crippen LogP contribution in [0.5, 0.6) is 5.75 Å². The summed E-state index contributed by atoms with van der Waals surface area (Å²) in [5.74, 6) is 0.533. The number of aromatic nitrogens is 4. The fourth-order valence-electron chi connectivity index (χ4n) is 4.51. The van der Waals surface area contributed by atoms with Crippen molar-refractivity contribution in [3.8, 4) is 28.0 Å². The number of carbonyl (C=O) groups excluding carboxylic acids is 1. The molecule has 2 aromatic carbocycles. The van der Waals surface area contributed by atoms with Crippen LogP contribution in [0.25, 0.3) is 22.3 Å². The third kappa shape index (κ3) is 8.28. The van der Waals surface area contributed by atoms with Crippen molar-refractivity contribution in [1.82, 2.24) is 29.8 Å². The first-order valence-corrected chi connectivity index (χ1v) is 14.1. The summed E-state index contributed by atoms with van der Waals surface area (Å²) >= 11 is 0. The van der Waals surface area contributed by atoms with E-state index in [9.17, 15) is 4.79 Å². The van der Waals surface area contributed by atoms with Crippen LogP contribution < -0.4 is 10.1 Å². The Labute approximate surface area is 248 Å². The Hall–Kier alpha value is -3.99. The van der Waals surface area contributed by atoms with Gasteiger partial charge in [0.2, 0.25) is 0 Å². The Morgan fingerprint density at radius 3 is 2.02 bits per heavy atom. The Morgan fingerprint density at radius 1 is 0.881 bits per heavy atom. The lowest BCUT2D eigenvalue weighted by molar-refractivity contribution is 0.0938. The maximum absolute atomic E-state index is 13.5. The molecule has 0 unspecified atom stereocenters. The minimum Gasteiger partial charge on any atom is -0.492 e. The average Bonchev–Trinajstić information content (AvgIpc) is 3.65. The van der Waals surface area contributed by atoms with E-state index in [1.54, 1.807) is 14.2 Å². The zero-order chi connectivity index (χ0) is 30.1. The highest BCUT2D eigenvalue weighted by atomic mass is 16.5. The Balaban J connectivity index is 1.61. The van der Waals surface area contributed by atoms with E-state index in [0.717, 1.165) is 39.9 Å². The number of benzene rings is 2. The van der Waals surface area contributed by atoms with Crippen LogP contribution in [0.15, 0.2) is 61.2 Å². The summed E-state index contributed by atoms with van der Waals surface area (Å²) in [6.45, 7) is 7.77. The van der Waals surface area contributed by atoms with Gasteiger partial charge in [0.25, 0.3) is 5.91 Å². The molecule has 10 heteroatoms. The Kier molecular flexibility index (Phi) is 10.9. The summed E-state index contributed by atoms with van der Waals surface area (Å²) in [4.78, 5) is 15.5. The largest absolute Gasteiger partial charge is 0.492 e. The van der Waals surface area contributed by atoms with Gasteiger partial charge in [0.1, 0.15) is 12.4 Å². The monoisotopic (exact) mass is 574 g/mol. The molecule has 2 aromatic heterocycles. The lowest BCUT2D eigenvalue weighted by atomic mass is 9.96. The summed E-state index contributed by atoms with van der Waals surface area (Å²) in [5, 5.41) is 12.2. The second-order valence-electron chi connectivity index (χ2n) is 10.6. The normalized spacial score (nSPS) is 12.1. The van der Waals surface area contributed by atoms with E-state index in [0.29, 0.717) is 44.2 Å². The fraction of sp³-hybridized carbons (Fsp3) is 0.406. The topological polar surface area (TPSA) is 95.7 Å². The Bertz CT molecular complexity index is 1400. The van der Waals surface area contributed by atoms with Crippen LogP contribution in [-0.4, -0.2) is 85.0 Å². The van der Waals surface area contributed by atoms with Gasteiger partial charge in [0, 0.05) is 49.8 Å². The molecule has 0 bridgehead atoms. The SMILES string of the molecule is COCCn1cc(-c2cc(-c3cnn(CCOC)c3)cc([C@@H](C)NC(=O)c3cc(OCCN(C)C)ccc3C)c2)cn1. The summed E-state index contributed by atoms with van der Waals surface area (Å²) in [7, 11) is 7.36. The van der Waals surface area contributed by atoms with Crippen molar-refractivity contribution in [3.63, 3.8) is 0 Å². The molecule has 1 N–H and O–H groups in total. The summed E-state index contributed by atoms with van der Waals surface area (Å²) in [6, 6.07) is 11.7. The number of nitrogens with one attached hydrogen (secondary N) is 1. The van der Waals surface area contributed by atoms with Crippen molar-refractivity contribution >= 4 is 5.91 Å². The van der Waals surface area contributed by atoms with Crippen molar-refractivity contribution in [2.24, 2.45) is 0 Å². The number of hydrogen-bond acceptors (Lipinski definition) is 7. The molecule has 0 spiro atoms. The molecule has 4 aromatic rings. The molecule has 42 heavy (non-hydrogen) atoms. The molecular formula is C32H42N6O4. The van der Waals surface area contributed by atoms with Gasteiger partial charge >= 0.3 is 0 Å². The molecule has 224 valence electrons. The maximum Gasteiger partial charge on any atom is 0.252 e. The number of likely N-dealkylation sites (N-methyl/N-ethyl adjacent to an activating group) is 1. The molecule has 10 nitrogen and oxygen atoms in total. The molecule has 0 aliphatic rings. The summed E-state index contributed by atoms with van der Waals surface area (Å²) in [5.41, 5.74) is 6.44. The maximum atomic E-state index is 13.5. The highest BCUT2D eigenvalue weighted by molar-refractivity contribution is 5.96. The van der Waals surface area contributed by atoms with E-state index >= 15 is 0 Å². The predicted molar refractivity (Wildman–Crippen MR) is 164 cm³/mol. The van der Waals surface area contributed by atoms with Gasteiger partial charge in [-0.2, -0.15) is 10.2 Å². The number of nitrogens with zero attached hydrogens (tertiary/aromatic N) is 5. The molecule has 0 radical (unpaired) electrons. The first-order valence-electron chi connectivity index (χ1n) is 14.1. The van der Waals surface area contributed by atoms with Gasteiger partial charge in [-0.25, -0.2) is 0 Å². The van der Waals surface area contributed by atoms with Crippen LogP contribution in [0.3, 0.4) is 0 Å². The van der Waals surface area contributed by atoms with Crippen LogP contribution >= 0.6 is 0 Å². The number of rotatable bonds is 15. The van der Waals surface area contributed by atoms with Gasteiger partial charge in [-0.3, -0.25) is 14.2 Å². The van der Waals surface area contributed by atoms with Crippen molar-refractivity contribution in [3.05, 3.63) is 77.9 Å². The fourth-order valence-corrected chi connectivity index (χ4v) is 4.51. The van der Waals surface area contributed by atoms with Gasteiger partial charge in [-0.15, -0.1) is 0 Å². The minimum absolute atomic E-state index is 0.148. The smallest absolute Gasteiger partial charge is 0.252 e. The first-order chi connectivity index (χ1) is 20.3. The molecule has 0 fully saturated rings. The van der Waals surface area contributed by atoms with Crippen LogP contribution in [-0.2, 0) is 22.6 Å². The predicted octanol–water partition coefficient (Wildman–Crippen LogP) is 4.45. The van der Waals surface area contributed by atoms with E-state index in [1.165, 1.54) is 0 Å². The molecule has 0 aliphatic heterocycles. The van der Waals surface area contributed by atoms with Crippen molar-refractivity contribution in [2.75, 3.05) is 54.7 Å². The number of aryl methyl sites for hydroxylation is 1. The lowest BCUT2D eigenvalue weighted by Crippen LogP contribution is -2.27. The molecule has 0 saturated heterocycles. The number of carbonyl (C=O) groups is 1. The molecule has 1 amide bonds. The van der Waals surface area contributed by atoms with Gasteiger partial charge < -0.3 is 24.4 Å². The number of hydrogen-bond donors (Lipinski definition) is 1. The first kappa shape index (κ1) is 31.0. The Morgan fingerprint density at radius 2 is 1.48 bits per heavy atom. The summed E-state index contributed by atoms with van der Waals surface area (Å²) in [6.07, 6.45) is 7.74. The van der Waals surface area contributed by atoms with E-state index in [4.69, 9.17) is 14.2 Å². The van der Waals surface area contributed by atoms with Gasteiger partial charge in [-0.05, 0) is 80.5 Å². The highest BCUT2D eigenvalue weighted by Crippen LogP contribution is 2.31. The van der Waals surface area contributed by atoms with E-state index in [1.807, 2.05) is 80.3 Å².